The first kappa shape index (κ1) is 20.4. The Balaban J connectivity index is 0. The second-order valence-electron chi connectivity index (χ2n) is 5.03. The summed E-state index contributed by atoms with van der Waals surface area (Å²) >= 11 is 0. The van der Waals surface area contributed by atoms with E-state index < -0.39 is 5.97 Å². The zero-order valence-corrected chi connectivity index (χ0v) is 15.2. The number of hydrogen-bond donors (Lipinski definition) is 1. The largest absolute Gasteiger partial charge is 0.481 e. The normalized spacial score (nSPS) is 10.1. The Morgan fingerprint density at radius 1 is 0.722 bits per heavy atom. The predicted molar refractivity (Wildman–Crippen MR) is 73.3 cm³/mol. The van der Waals surface area contributed by atoms with E-state index >= 15 is 0 Å². The maximum Gasteiger partial charge on any atom is 0.303 e. The fraction of sp³-hybridized carbons (Fsp3) is 0.933. The summed E-state index contributed by atoms with van der Waals surface area (Å²) < 4.78 is 0. The Morgan fingerprint density at radius 2 is 1.06 bits per heavy atom. The van der Waals surface area contributed by atoms with Gasteiger partial charge in [-0.2, -0.15) is 0 Å². The number of aliphatic carboxylic acids is 1. The Hall–Kier alpha value is 0.0934. The van der Waals surface area contributed by atoms with Crippen molar-refractivity contribution in [2.75, 3.05) is 0 Å². The summed E-state index contributed by atoms with van der Waals surface area (Å²) in [5, 5.41) is 8.47. The quantitative estimate of drug-likeness (QED) is 0.377. The molecule has 3 heteroatoms. The fourth-order valence-corrected chi connectivity index (χ4v) is 2.12. The molecule has 0 aromatic heterocycles. The number of rotatable bonds is 13. The summed E-state index contributed by atoms with van der Waals surface area (Å²) in [5.74, 6) is -0.655. The summed E-state index contributed by atoms with van der Waals surface area (Å²) in [6.45, 7) is 2.25. The summed E-state index contributed by atoms with van der Waals surface area (Å²) in [6.07, 6.45) is 15.8. The zero-order valence-electron chi connectivity index (χ0n) is 12.3. The molecule has 0 fully saturated rings. The van der Waals surface area contributed by atoms with Crippen LogP contribution in [0.1, 0.15) is 90.4 Å². The van der Waals surface area contributed by atoms with Crippen molar-refractivity contribution in [1.82, 2.24) is 0 Å². The molecule has 0 saturated carbocycles. The third-order valence-electron chi connectivity index (χ3n) is 3.24. The molecule has 18 heavy (non-hydrogen) atoms. The van der Waals surface area contributed by atoms with Gasteiger partial charge in [-0.25, -0.2) is 0 Å². The van der Waals surface area contributed by atoms with E-state index in [0.29, 0.717) is 6.42 Å². The van der Waals surface area contributed by atoms with Crippen LogP contribution in [0.4, 0.5) is 0 Å². The van der Waals surface area contributed by atoms with E-state index in [1.165, 1.54) is 64.2 Å². The molecule has 0 rings (SSSR count). The number of hydrogen-bond acceptors (Lipinski definition) is 1. The van der Waals surface area contributed by atoms with Gasteiger partial charge in [0, 0.05) is 25.9 Å². The monoisotopic (exact) mass is 306 g/mol. The van der Waals surface area contributed by atoms with Crippen LogP contribution >= 0.6 is 0 Å². The van der Waals surface area contributed by atoms with E-state index in [1.54, 1.807) is 0 Å². The molecule has 0 amide bonds. The van der Waals surface area contributed by atoms with Crippen LogP contribution in [0.15, 0.2) is 0 Å². The van der Waals surface area contributed by atoms with Crippen LogP contribution in [0.5, 0.6) is 0 Å². The van der Waals surface area contributed by atoms with Gasteiger partial charge < -0.3 is 5.11 Å². The van der Waals surface area contributed by atoms with Gasteiger partial charge >= 0.3 is 5.97 Å². The van der Waals surface area contributed by atoms with Gasteiger partial charge in [-0.05, 0) is 6.42 Å². The second-order valence-corrected chi connectivity index (χ2v) is 5.03. The number of carbonyl (C=O) groups is 1. The first-order chi connectivity index (χ1) is 8.27. The molecule has 0 saturated heterocycles. The van der Waals surface area contributed by atoms with Crippen molar-refractivity contribution < 1.29 is 29.4 Å². The molecule has 2 nitrogen and oxygen atoms in total. The molecule has 0 atom stereocenters. The van der Waals surface area contributed by atoms with Gasteiger partial charge in [0.25, 0.3) is 0 Å². The Kier molecular flexibility index (Phi) is 19.4. The van der Waals surface area contributed by atoms with E-state index in [9.17, 15) is 4.79 Å². The average Bonchev–Trinajstić information content (AvgIpc) is 2.30. The van der Waals surface area contributed by atoms with Crippen molar-refractivity contribution in [1.29, 1.82) is 0 Å². The van der Waals surface area contributed by atoms with Crippen molar-refractivity contribution in [2.45, 2.75) is 90.4 Å². The minimum Gasteiger partial charge on any atom is -0.481 e. The topological polar surface area (TPSA) is 37.3 Å². The molecule has 0 radical (unpaired) electrons. The van der Waals surface area contributed by atoms with Crippen LogP contribution in [-0.4, -0.2) is 11.1 Å². The first-order valence-corrected chi connectivity index (χ1v) is 7.49. The van der Waals surface area contributed by atoms with Crippen molar-refractivity contribution >= 4 is 5.97 Å². The molecule has 0 aromatic carbocycles. The van der Waals surface area contributed by atoms with Crippen LogP contribution in [0, 0.1) is 0 Å². The summed E-state index contributed by atoms with van der Waals surface area (Å²) in [6, 6.07) is 0. The van der Waals surface area contributed by atoms with E-state index in [1.807, 2.05) is 0 Å². The van der Waals surface area contributed by atoms with E-state index in [2.05, 4.69) is 6.92 Å². The number of unbranched alkanes of at least 4 members (excludes halogenated alkanes) is 11. The molecular formula is C15H30O2Zn. The second kappa shape index (κ2) is 17.1. The van der Waals surface area contributed by atoms with Crippen LogP contribution in [0.2, 0.25) is 0 Å². The van der Waals surface area contributed by atoms with Gasteiger partial charge in [0.05, 0.1) is 0 Å². The van der Waals surface area contributed by atoms with Gasteiger partial charge in [0.15, 0.2) is 0 Å². The molecule has 0 aliphatic rings. The Morgan fingerprint density at radius 3 is 1.39 bits per heavy atom. The summed E-state index contributed by atoms with van der Waals surface area (Å²) in [4.78, 5) is 10.3. The predicted octanol–water partition coefficient (Wildman–Crippen LogP) is 5.16. The van der Waals surface area contributed by atoms with Crippen molar-refractivity contribution in [2.24, 2.45) is 0 Å². The van der Waals surface area contributed by atoms with Gasteiger partial charge in [-0.1, -0.05) is 77.6 Å². The smallest absolute Gasteiger partial charge is 0.303 e. The summed E-state index contributed by atoms with van der Waals surface area (Å²) in [5.41, 5.74) is 0. The van der Waals surface area contributed by atoms with Crippen LogP contribution in [-0.2, 0) is 24.3 Å². The molecule has 0 spiro atoms. The van der Waals surface area contributed by atoms with E-state index in [4.69, 9.17) is 5.11 Å². The Labute approximate surface area is 126 Å². The SMILES string of the molecule is CCCCCCCCCCCCCCC(=O)O.[Zn]. The minimum absolute atomic E-state index is 0. The molecule has 1 N–H and O–H groups in total. The van der Waals surface area contributed by atoms with E-state index in [-0.39, 0.29) is 19.5 Å². The fourth-order valence-electron chi connectivity index (χ4n) is 2.12. The number of carboxylic acid groups (broad SMARTS) is 1. The molecule has 0 aliphatic carbocycles. The molecule has 0 aliphatic heterocycles. The van der Waals surface area contributed by atoms with Gasteiger partial charge in [-0.3, -0.25) is 4.79 Å². The summed E-state index contributed by atoms with van der Waals surface area (Å²) in [7, 11) is 0. The van der Waals surface area contributed by atoms with E-state index in [0.717, 1.165) is 12.8 Å². The van der Waals surface area contributed by atoms with Gasteiger partial charge in [0.1, 0.15) is 0 Å². The maximum atomic E-state index is 10.3. The minimum atomic E-state index is -0.655. The van der Waals surface area contributed by atoms with Crippen LogP contribution < -0.4 is 0 Å². The van der Waals surface area contributed by atoms with Gasteiger partial charge in [0.2, 0.25) is 0 Å². The van der Waals surface area contributed by atoms with Crippen LogP contribution in [0.3, 0.4) is 0 Å². The molecule has 0 bridgehead atoms. The Bertz CT molecular complexity index is 172. The van der Waals surface area contributed by atoms with Crippen molar-refractivity contribution in [3.05, 3.63) is 0 Å². The molecule has 0 aromatic rings. The molecule has 104 valence electrons. The van der Waals surface area contributed by atoms with Crippen molar-refractivity contribution in [3.8, 4) is 0 Å². The molecule has 0 unspecified atom stereocenters. The average molecular weight is 308 g/mol. The van der Waals surface area contributed by atoms with Crippen molar-refractivity contribution in [3.63, 3.8) is 0 Å². The third-order valence-corrected chi connectivity index (χ3v) is 3.24. The molecule has 0 heterocycles. The van der Waals surface area contributed by atoms with Gasteiger partial charge in [-0.15, -0.1) is 0 Å². The third kappa shape index (κ3) is 18.5. The first-order valence-electron chi connectivity index (χ1n) is 7.49. The van der Waals surface area contributed by atoms with Crippen LogP contribution in [0.25, 0.3) is 0 Å². The number of carboxylic acids is 1. The zero-order chi connectivity index (χ0) is 12.8. The standard InChI is InChI=1S/C15H30O2.Zn/c1-2-3-4-5-6-7-8-9-10-11-12-13-14-15(16)17;/h2-14H2,1H3,(H,16,17);. The maximum absolute atomic E-state index is 10.3. The molecular weight excluding hydrogens is 278 g/mol.